The molecule has 2 aromatic rings. The molecule has 0 aliphatic rings. The van der Waals surface area contributed by atoms with Crippen molar-refractivity contribution in [2.45, 2.75) is 65.7 Å². The highest BCUT2D eigenvalue weighted by Crippen LogP contribution is 2.39. The number of phenols is 2. The van der Waals surface area contributed by atoms with Gasteiger partial charge >= 0.3 is 0 Å². The normalized spacial score (nSPS) is 13.1. The van der Waals surface area contributed by atoms with Crippen molar-refractivity contribution in [2.24, 2.45) is 0 Å². The molecule has 2 nitrogen and oxygen atoms in total. The molecule has 0 heterocycles. The van der Waals surface area contributed by atoms with E-state index >= 15 is 0 Å². The number of benzene rings is 2. The van der Waals surface area contributed by atoms with Crippen molar-refractivity contribution in [3.63, 3.8) is 0 Å². The molecule has 0 amide bonds. The van der Waals surface area contributed by atoms with Gasteiger partial charge in [-0.15, -0.1) is 0 Å². The summed E-state index contributed by atoms with van der Waals surface area (Å²) in [5.74, 6) is 0.961. The van der Waals surface area contributed by atoms with Crippen LogP contribution in [-0.2, 0) is 5.41 Å². The number of aromatic hydroxyl groups is 2. The fourth-order valence-electron chi connectivity index (χ4n) is 3.50. The van der Waals surface area contributed by atoms with Crippen molar-refractivity contribution in [3.05, 3.63) is 58.1 Å². The van der Waals surface area contributed by atoms with E-state index in [9.17, 15) is 10.2 Å². The first kappa shape index (κ1) is 18.4. The average molecular weight is 326 g/mol. The zero-order valence-electron chi connectivity index (χ0n) is 15.8. The summed E-state index contributed by atoms with van der Waals surface area (Å²) in [5.41, 5.74) is 5.63. The maximum atomic E-state index is 10.4. The molecular weight excluding hydrogens is 296 g/mol. The molecule has 2 heteroatoms. The maximum Gasteiger partial charge on any atom is 0.119 e. The Labute approximate surface area is 146 Å². The van der Waals surface area contributed by atoms with Crippen LogP contribution in [0.4, 0.5) is 0 Å². The molecule has 0 radical (unpaired) electrons. The summed E-state index contributed by atoms with van der Waals surface area (Å²) in [6.07, 6.45) is 2.12. The SMILES string of the molecule is CCCC(c1ccc(O)cc1C)c1cc(C(C)(C)C)c(O)cc1C. The molecule has 24 heavy (non-hydrogen) atoms. The third kappa shape index (κ3) is 3.75. The molecule has 0 saturated heterocycles. The number of aryl methyl sites for hydroxylation is 2. The van der Waals surface area contributed by atoms with Crippen molar-refractivity contribution < 1.29 is 10.2 Å². The Morgan fingerprint density at radius 3 is 2.08 bits per heavy atom. The van der Waals surface area contributed by atoms with Crippen LogP contribution in [0.25, 0.3) is 0 Å². The Kier molecular flexibility index (Phi) is 5.27. The molecule has 0 aliphatic heterocycles. The molecule has 0 aliphatic carbocycles. The molecule has 0 fully saturated rings. The minimum absolute atomic E-state index is 0.104. The minimum Gasteiger partial charge on any atom is -0.508 e. The predicted molar refractivity (Wildman–Crippen MR) is 101 cm³/mol. The lowest BCUT2D eigenvalue weighted by Crippen LogP contribution is -2.14. The van der Waals surface area contributed by atoms with Gasteiger partial charge in [-0.25, -0.2) is 0 Å². The predicted octanol–water partition coefficient (Wildman–Crippen LogP) is 5.94. The van der Waals surface area contributed by atoms with Crippen molar-refractivity contribution in [1.29, 1.82) is 0 Å². The van der Waals surface area contributed by atoms with Gasteiger partial charge in [-0.05, 0) is 71.7 Å². The Hall–Kier alpha value is -1.96. The van der Waals surface area contributed by atoms with Gasteiger partial charge in [0.2, 0.25) is 0 Å². The molecule has 0 spiro atoms. The highest BCUT2D eigenvalue weighted by molar-refractivity contribution is 5.50. The molecule has 1 atom stereocenters. The van der Waals surface area contributed by atoms with Gasteiger partial charge < -0.3 is 10.2 Å². The van der Waals surface area contributed by atoms with Crippen molar-refractivity contribution in [2.75, 3.05) is 0 Å². The fraction of sp³-hybridized carbons (Fsp3) is 0.455. The van der Waals surface area contributed by atoms with E-state index in [2.05, 4.69) is 47.6 Å². The molecule has 130 valence electrons. The van der Waals surface area contributed by atoms with Crippen LogP contribution in [0, 0.1) is 13.8 Å². The number of rotatable bonds is 4. The van der Waals surface area contributed by atoms with Gasteiger partial charge in [-0.1, -0.05) is 46.2 Å². The lowest BCUT2D eigenvalue weighted by Gasteiger charge is -2.26. The zero-order valence-corrected chi connectivity index (χ0v) is 15.8. The van der Waals surface area contributed by atoms with E-state index in [4.69, 9.17) is 0 Å². The first-order chi connectivity index (χ1) is 11.1. The summed E-state index contributed by atoms with van der Waals surface area (Å²) in [5, 5.41) is 20.1. The summed E-state index contributed by atoms with van der Waals surface area (Å²) >= 11 is 0. The van der Waals surface area contributed by atoms with Crippen LogP contribution >= 0.6 is 0 Å². The van der Waals surface area contributed by atoms with E-state index < -0.39 is 0 Å². The summed E-state index contributed by atoms with van der Waals surface area (Å²) in [7, 11) is 0. The summed E-state index contributed by atoms with van der Waals surface area (Å²) in [4.78, 5) is 0. The minimum atomic E-state index is -0.104. The van der Waals surface area contributed by atoms with Crippen LogP contribution in [0.5, 0.6) is 11.5 Å². The third-order valence-corrected chi connectivity index (χ3v) is 4.77. The highest BCUT2D eigenvalue weighted by Gasteiger charge is 2.24. The van der Waals surface area contributed by atoms with E-state index in [1.807, 2.05) is 18.2 Å². The van der Waals surface area contributed by atoms with E-state index in [0.717, 1.165) is 29.5 Å². The van der Waals surface area contributed by atoms with E-state index in [1.165, 1.54) is 11.1 Å². The summed E-state index contributed by atoms with van der Waals surface area (Å²) < 4.78 is 0. The fourth-order valence-corrected chi connectivity index (χ4v) is 3.50. The van der Waals surface area contributed by atoms with Crippen LogP contribution in [0.3, 0.4) is 0 Å². The van der Waals surface area contributed by atoms with Crippen LogP contribution < -0.4 is 0 Å². The van der Waals surface area contributed by atoms with Gasteiger partial charge in [0.05, 0.1) is 0 Å². The number of hydrogen-bond acceptors (Lipinski definition) is 2. The van der Waals surface area contributed by atoms with E-state index in [-0.39, 0.29) is 11.3 Å². The van der Waals surface area contributed by atoms with Crippen LogP contribution in [-0.4, -0.2) is 10.2 Å². The molecule has 0 bridgehead atoms. The Morgan fingerprint density at radius 1 is 0.917 bits per heavy atom. The van der Waals surface area contributed by atoms with Gasteiger partial charge in [-0.2, -0.15) is 0 Å². The van der Waals surface area contributed by atoms with Crippen LogP contribution in [0.2, 0.25) is 0 Å². The molecule has 0 saturated carbocycles. The Balaban J connectivity index is 2.63. The molecule has 2 rings (SSSR count). The standard InChI is InChI=1S/C22H30O2/c1-7-8-18(17-10-9-16(23)11-14(17)2)19-13-20(22(4,5)6)21(24)12-15(19)3/h9-13,18,23-24H,7-8H2,1-6H3. The van der Waals surface area contributed by atoms with Crippen molar-refractivity contribution in [3.8, 4) is 11.5 Å². The molecule has 2 aromatic carbocycles. The first-order valence-electron chi connectivity index (χ1n) is 8.78. The molecule has 2 N–H and O–H groups in total. The smallest absolute Gasteiger partial charge is 0.119 e. The number of hydrogen-bond donors (Lipinski definition) is 2. The molecule has 0 aromatic heterocycles. The Bertz CT molecular complexity index is 723. The summed E-state index contributed by atoms with van der Waals surface area (Å²) in [6.45, 7) is 12.7. The molecular formula is C22H30O2. The van der Waals surface area contributed by atoms with Gasteiger partial charge in [0, 0.05) is 5.92 Å². The average Bonchev–Trinajstić information content (AvgIpc) is 2.44. The van der Waals surface area contributed by atoms with Crippen molar-refractivity contribution in [1.82, 2.24) is 0 Å². The molecule has 1 unspecified atom stereocenters. The highest BCUT2D eigenvalue weighted by atomic mass is 16.3. The van der Waals surface area contributed by atoms with Gasteiger partial charge in [0.25, 0.3) is 0 Å². The second-order valence-corrected chi connectivity index (χ2v) is 7.86. The summed E-state index contributed by atoms with van der Waals surface area (Å²) in [6, 6.07) is 9.71. The topological polar surface area (TPSA) is 40.5 Å². The lowest BCUT2D eigenvalue weighted by molar-refractivity contribution is 0.445. The van der Waals surface area contributed by atoms with Gasteiger partial charge in [0.1, 0.15) is 11.5 Å². The van der Waals surface area contributed by atoms with Crippen molar-refractivity contribution >= 4 is 0 Å². The first-order valence-corrected chi connectivity index (χ1v) is 8.78. The Morgan fingerprint density at radius 2 is 1.54 bits per heavy atom. The largest absolute Gasteiger partial charge is 0.508 e. The maximum absolute atomic E-state index is 10.4. The van der Waals surface area contributed by atoms with Crippen LogP contribution in [0.1, 0.15) is 74.3 Å². The lowest BCUT2D eigenvalue weighted by atomic mass is 9.78. The van der Waals surface area contributed by atoms with Gasteiger partial charge in [0.15, 0.2) is 0 Å². The second-order valence-electron chi connectivity index (χ2n) is 7.86. The van der Waals surface area contributed by atoms with E-state index in [0.29, 0.717) is 11.5 Å². The second kappa shape index (κ2) is 6.88. The zero-order chi connectivity index (χ0) is 18.1. The monoisotopic (exact) mass is 326 g/mol. The van der Waals surface area contributed by atoms with E-state index in [1.54, 1.807) is 6.07 Å². The third-order valence-electron chi connectivity index (χ3n) is 4.77. The number of phenolic OH excluding ortho intramolecular Hbond substituents is 2. The quantitative estimate of drug-likeness (QED) is 0.729. The van der Waals surface area contributed by atoms with Gasteiger partial charge in [-0.3, -0.25) is 0 Å². The van der Waals surface area contributed by atoms with Crippen LogP contribution in [0.15, 0.2) is 30.3 Å².